The zero-order valence-electron chi connectivity index (χ0n) is 12.6. The Morgan fingerprint density at radius 2 is 1.78 bits per heavy atom. The van der Waals surface area contributed by atoms with E-state index >= 15 is 0 Å². The number of benzene rings is 1. The molecular weight excluding hydrogens is 294 g/mol. The molecular formula is C16H13N5O2. The van der Waals surface area contributed by atoms with E-state index < -0.39 is 0 Å². The normalized spacial score (nSPS) is 10.1. The molecule has 1 aromatic carbocycles. The van der Waals surface area contributed by atoms with Gasteiger partial charge in [0.2, 0.25) is 0 Å². The second-order valence-electron chi connectivity index (χ2n) is 4.64. The molecule has 2 heterocycles. The Kier molecular flexibility index (Phi) is 3.89. The summed E-state index contributed by atoms with van der Waals surface area (Å²) in [6.45, 7) is 0. The first-order chi connectivity index (χ1) is 11.2. The van der Waals surface area contributed by atoms with E-state index in [9.17, 15) is 0 Å². The Labute approximate surface area is 132 Å². The lowest BCUT2D eigenvalue weighted by molar-refractivity contribution is 0.398. The number of hydrogen-bond acceptors (Lipinski definition) is 7. The van der Waals surface area contributed by atoms with Crippen LogP contribution in [0.15, 0.2) is 36.8 Å². The van der Waals surface area contributed by atoms with Crippen molar-refractivity contribution < 1.29 is 9.47 Å². The number of pyridine rings is 1. The molecule has 0 bridgehead atoms. The highest BCUT2D eigenvalue weighted by atomic mass is 16.5. The Balaban J connectivity index is 1.97. The van der Waals surface area contributed by atoms with Gasteiger partial charge in [0.25, 0.3) is 0 Å². The highest BCUT2D eigenvalue weighted by Crippen LogP contribution is 2.32. The smallest absolute Gasteiger partial charge is 0.158 e. The maximum Gasteiger partial charge on any atom is 0.158 e. The van der Waals surface area contributed by atoms with E-state index in [-0.39, 0.29) is 5.69 Å². The predicted octanol–water partition coefficient (Wildman–Crippen LogP) is 2.66. The lowest BCUT2D eigenvalue weighted by atomic mass is 10.1. The summed E-state index contributed by atoms with van der Waals surface area (Å²) in [6.07, 6.45) is 4.60. The van der Waals surface area contributed by atoms with Gasteiger partial charge in [-0.25, -0.2) is 15.0 Å². The molecule has 0 unspecified atom stereocenters. The summed E-state index contributed by atoms with van der Waals surface area (Å²) in [5.74, 6) is 2.50. The van der Waals surface area contributed by atoms with Crippen molar-refractivity contribution in [1.29, 1.82) is 5.26 Å². The molecule has 0 fully saturated rings. The van der Waals surface area contributed by atoms with Crippen molar-refractivity contribution in [2.45, 2.75) is 0 Å². The maximum absolute atomic E-state index is 8.73. The van der Waals surface area contributed by atoms with Crippen LogP contribution >= 0.6 is 0 Å². The van der Waals surface area contributed by atoms with Gasteiger partial charge >= 0.3 is 0 Å². The van der Waals surface area contributed by atoms with E-state index in [4.69, 9.17) is 14.7 Å². The van der Waals surface area contributed by atoms with Crippen molar-refractivity contribution in [3.05, 3.63) is 42.5 Å². The van der Waals surface area contributed by atoms with Gasteiger partial charge in [0.1, 0.15) is 29.2 Å². The molecule has 7 nitrogen and oxygen atoms in total. The third-order valence-corrected chi connectivity index (χ3v) is 3.25. The number of anilines is 2. The number of rotatable bonds is 4. The van der Waals surface area contributed by atoms with Crippen molar-refractivity contribution >= 4 is 22.4 Å². The van der Waals surface area contributed by atoms with E-state index in [1.165, 1.54) is 12.4 Å². The molecule has 0 aliphatic rings. The van der Waals surface area contributed by atoms with Crippen molar-refractivity contribution in [3.8, 4) is 17.6 Å². The van der Waals surface area contributed by atoms with Gasteiger partial charge in [0.15, 0.2) is 5.69 Å². The fourth-order valence-corrected chi connectivity index (χ4v) is 2.13. The van der Waals surface area contributed by atoms with Crippen LogP contribution in [0, 0.1) is 11.3 Å². The number of nitrogens with one attached hydrogen (secondary N) is 1. The third kappa shape index (κ3) is 2.96. The SMILES string of the molecule is COc1cc(OC)c2cnc(Nc3cnc(C#N)cn3)cc2c1. The summed E-state index contributed by atoms with van der Waals surface area (Å²) in [6, 6.07) is 7.49. The Morgan fingerprint density at radius 1 is 0.957 bits per heavy atom. The van der Waals surface area contributed by atoms with E-state index in [0.29, 0.717) is 23.1 Å². The van der Waals surface area contributed by atoms with E-state index in [1.54, 1.807) is 20.4 Å². The van der Waals surface area contributed by atoms with E-state index in [1.807, 2.05) is 24.3 Å². The first-order valence-electron chi connectivity index (χ1n) is 6.74. The second-order valence-corrected chi connectivity index (χ2v) is 4.64. The maximum atomic E-state index is 8.73. The molecule has 0 aliphatic carbocycles. The van der Waals surface area contributed by atoms with Crippen LogP contribution in [0.2, 0.25) is 0 Å². The van der Waals surface area contributed by atoms with Crippen LogP contribution in [0.5, 0.6) is 11.5 Å². The summed E-state index contributed by atoms with van der Waals surface area (Å²) in [5, 5.41) is 13.6. The highest BCUT2D eigenvalue weighted by molar-refractivity contribution is 5.91. The van der Waals surface area contributed by atoms with Gasteiger partial charge in [-0.3, -0.25) is 0 Å². The minimum atomic E-state index is 0.261. The highest BCUT2D eigenvalue weighted by Gasteiger charge is 2.07. The molecule has 0 saturated carbocycles. The van der Waals surface area contributed by atoms with Gasteiger partial charge in [0, 0.05) is 17.6 Å². The molecule has 0 atom stereocenters. The summed E-state index contributed by atoms with van der Waals surface area (Å²) in [7, 11) is 3.21. The topological polar surface area (TPSA) is 93.0 Å². The molecule has 23 heavy (non-hydrogen) atoms. The van der Waals surface area contributed by atoms with Crippen LogP contribution in [-0.4, -0.2) is 29.2 Å². The van der Waals surface area contributed by atoms with Crippen molar-refractivity contribution in [2.75, 3.05) is 19.5 Å². The van der Waals surface area contributed by atoms with E-state index in [2.05, 4.69) is 20.3 Å². The molecule has 3 rings (SSSR count). The van der Waals surface area contributed by atoms with Gasteiger partial charge in [-0.1, -0.05) is 0 Å². The van der Waals surface area contributed by atoms with Crippen molar-refractivity contribution in [3.63, 3.8) is 0 Å². The number of methoxy groups -OCH3 is 2. The monoisotopic (exact) mass is 307 g/mol. The molecule has 3 aromatic rings. The minimum absolute atomic E-state index is 0.261. The molecule has 0 saturated heterocycles. The van der Waals surface area contributed by atoms with Crippen molar-refractivity contribution in [2.24, 2.45) is 0 Å². The van der Waals surface area contributed by atoms with E-state index in [0.717, 1.165) is 10.8 Å². The van der Waals surface area contributed by atoms with Crippen LogP contribution in [0.25, 0.3) is 10.8 Å². The fourth-order valence-electron chi connectivity index (χ4n) is 2.13. The first-order valence-corrected chi connectivity index (χ1v) is 6.74. The summed E-state index contributed by atoms with van der Waals surface area (Å²) in [5.41, 5.74) is 0.261. The van der Waals surface area contributed by atoms with Crippen LogP contribution in [0.3, 0.4) is 0 Å². The number of ether oxygens (including phenoxy) is 2. The molecule has 0 spiro atoms. The number of fused-ring (bicyclic) bond motifs is 1. The van der Waals surface area contributed by atoms with Crippen LogP contribution in [-0.2, 0) is 0 Å². The second kappa shape index (κ2) is 6.15. The number of nitrogens with zero attached hydrogens (tertiary/aromatic N) is 4. The van der Waals surface area contributed by atoms with Gasteiger partial charge < -0.3 is 14.8 Å². The number of aromatic nitrogens is 3. The van der Waals surface area contributed by atoms with Gasteiger partial charge in [-0.2, -0.15) is 5.26 Å². The quantitative estimate of drug-likeness (QED) is 0.792. The number of nitriles is 1. The molecule has 2 aromatic heterocycles. The van der Waals surface area contributed by atoms with Gasteiger partial charge in [0.05, 0.1) is 26.6 Å². The molecule has 0 radical (unpaired) electrons. The van der Waals surface area contributed by atoms with Crippen LogP contribution in [0.4, 0.5) is 11.6 Å². The average Bonchev–Trinajstić information content (AvgIpc) is 2.61. The lowest BCUT2D eigenvalue weighted by Crippen LogP contribution is -1.98. The lowest BCUT2D eigenvalue weighted by Gasteiger charge is -2.10. The third-order valence-electron chi connectivity index (χ3n) is 3.25. The molecule has 1 N–H and O–H groups in total. The Hall–Kier alpha value is -3.40. The Morgan fingerprint density at radius 3 is 2.43 bits per heavy atom. The average molecular weight is 307 g/mol. The Bertz CT molecular complexity index is 887. The van der Waals surface area contributed by atoms with Crippen LogP contribution in [0.1, 0.15) is 5.69 Å². The molecule has 0 aliphatic heterocycles. The summed E-state index contributed by atoms with van der Waals surface area (Å²) < 4.78 is 10.6. The van der Waals surface area contributed by atoms with Crippen LogP contribution < -0.4 is 14.8 Å². The predicted molar refractivity (Wildman–Crippen MR) is 84.9 cm³/mol. The standard InChI is InChI=1S/C16H13N5O2/c1-22-12-3-10-4-15(20-8-13(10)14(5-12)23-2)21-16-9-18-11(6-17)7-19-16/h3-5,7-9H,1-2H3,(H,19,20,21). The largest absolute Gasteiger partial charge is 0.497 e. The molecule has 114 valence electrons. The fraction of sp³-hybridized carbons (Fsp3) is 0.125. The zero-order chi connectivity index (χ0) is 16.2. The van der Waals surface area contributed by atoms with Gasteiger partial charge in [-0.05, 0) is 17.5 Å². The molecule has 0 amide bonds. The first kappa shape index (κ1) is 14.5. The zero-order valence-corrected chi connectivity index (χ0v) is 12.6. The van der Waals surface area contributed by atoms with Crippen molar-refractivity contribution in [1.82, 2.24) is 15.0 Å². The van der Waals surface area contributed by atoms with Gasteiger partial charge in [-0.15, -0.1) is 0 Å². The summed E-state index contributed by atoms with van der Waals surface area (Å²) >= 11 is 0. The molecule has 7 heteroatoms. The summed E-state index contributed by atoms with van der Waals surface area (Å²) in [4.78, 5) is 12.4. The number of hydrogen-bond donors (Lipinski definition) is 1. The minimum Gasteiger partial charge on any atom is -0.497 e.